The highest BCUT2D eigenvalue weighted by molar-refractivity contribution is 5.80. The van der Waals surface area contributed by atoms with Crippen LogP contribution in [0.1, 0.15) is 5.56 Å². The number of esters is 1. The average molecular weight is 262 g/mol. The van der Waals surface area contributed by atoms with E-state index in [-0.39, 0.29) is 5.56 Å². The standard InChI is InChI=1S/C15H12F2O2/c1-19-14(18)15(16,17)13-9-5-8-12(10-13)11-6-3-2-4-7-11/h2-10H,1H3. The van der Waals surface area contributed by atoms with Gasteiger partial charge in [-0.3, -0.25) is 0 Å². The van der Waals surface area contributed by atoms with Crippen LogP contribution in [0.25, 0.3) is 11.1 Å². The van der Waals surface area contributed by atoms with Crippen LogP contribution in [-0.4, -0.2) is 13.1 Å². The van der Waals surface area contributed by atoms with Gasteiger partial charge in [0.2, 0.25) is 0 Å². The van der Waals surface area contributed by atoms with Gasteiger partial charge in [-0.05, 0) is 17.2 Å². The first kappa shape index (κ1) is 13.2. The maximum absolute atomic E-state index is 13.8. The number of hydrogen-bond acceptors (Lipinski definition) is 2. The van der Waals surface area contributed by atoms with E-state index in [1.807, 2.05) is 30.3 Å². The first-order valence-electron chi connectivity index (χ1n) is 5.68. The summed E-state index contributed by atoms with van der Waals surface area (Å²) < 4.78 is 31.7. The fourth-order valence-electron chi connectivity index (χ4n) is 1.77. The fraction of sp³-hybridized carbons (Fsp3) is 0.133. The third kappa shape index (κ3) is 2.62. The predicted molar refractivity (Wildman–Crippen MR) is 67.8 cm³/mol. The molecule has 19 heavy (non-hydrogen) atoms. The van der Waals surface area contributed by atoms with Gasteiger partial charge in [0.1, 0.15) is 0 Å². The molecule has 0 bridgehead atoms. The molecule has 0 N–H and O–H groups in total. The number of halogens is 2. The summed E-state index contributed by atoms with van der Waals surface area (Å²) in [6.07, 6.45) is 0. The molecule has 0 fully saturated rings. The summed E-state index contributed by atoms with van der Waals surface area (Å²) >= 11 is 0. The van der Waals surface area contributed by atoms with Crippen molar-refractivity contribution in [2.24, 2.45) is 0 Å². The molecule has 0 spiro atoms. The SMILES string of the molecule is COC(=O)C(F)(F)c1cccc(-c2ccccc2)c1. The molecule has 0 heterocycles. The van der Waals surface area contributed by atoms with E-state index in [1.54, 1.807) is 6.07 Å². The Hall–Kier alpha value is -2.23. The van der Waals surface area contributed by atoms with Crippen LogP contribution in [-0.2, 0) is 15.5 Å². The Bertz CT molecular complexity index is 580. The quantitative estimate of drug-likeness (QED) is 0.790. The van der Waals surface area contributed by atoms with E-state index in [2.05, 4.69) is 4.74 Å². The molecule has 2 aromatic carbocycles. The van der Waals surface area contributed by atoms with E-state index >= 15 is 0 Å². The Morgan fingerprint density at radius 2 is 1.63 bits per heavy atom. The van der Waals surface area contributed by atoms with Gasteiger partial charge in [0.05, 0.1) is 7.11 Å². The zero-order valence-corrected chi connectivity index (χ0v) is 10.3. The van der Waals surface area contributed by atoms with Gasteiger partial charge in [0.25, 0.3) is 0 Å². The highest BCUT2D eigenvalue weighted by atomic mass is 19.3. The zero-order valence-electron chi connectivity index (χ0n) is 10.3. The Labute approximate surface area is 109 Å². The molecule has 0 aliphatic carbocycles. The molecule has 4 heteroatoms. The van der Waals surface area contributed by atoms with Gasteiger partial charge >= 0.3 is 11.9 Å². The van der Waals surface area contributed by atoms with Crippen LogP contribution in [0.2, 0.25) is 0 Å². The molecule has 2 aromatic rings. The fourth-order valence-corrected chi connectivity index (χ4v) is 1.77. The smallest absolute Gasteiger partial charge is 0.381 e. The number of carbonyl (C=O) groups excluding carboxylic acids is 1. The zero-order chi connectivity index (χ0) is 13.9. The van der Waals surface area contributed by atoms with Gasteiger partial charge in [-0.2, -0.15) is 8.78 Å². The van der Waals surface area contributed by atoms with Crippen LogP contribution >= 0.6 is 0 Å². The molecule has 0 saturated heterocycles. The Morgan fingerprint density at radius 3 is 2.26 bits per heavy atom. The van der Waals surface area contributed by atoms with Crippen molar-refractivity contribution in [1.82, 2.24) is 0 Å². The molecule has 98 valence electrons. The van der Waals surface area contributed by atoms with Crippen LogP contribution in [0.4, 0.5) is 8.78 Å². The van der Waals surface area contributed by atoms with E-state index in [0.29, 0.717) is 5.56 Å². The predicted octanol–water partition coefficient (Wildman–Crippen LogP) is 3.62. The van der Waals surface area contributed by atoms with Crippen LogP contribution in [0, 0.1) is 0 Å². The minimum absolute atomic E-state index is 0.374. The number of alkyl halides is 2. The van der Waals surface area contributed by atoms with E-state index in [9.17, 15) is 13.6 Å². The molecule has 0 aromatic heterocycles. The first-order valence-corrected chi connectivity index (χ1v) is 5.68. The third-order valence-corrected chi connectivity index (χ3v) is 2.77. The van der Waals surface area contributed by atoms with Crippen LogP contribution in [0.15, 0.2) is 54.6 Å². The summed E-state index contributed by atoms with van der Waals surface area (Å²) in [6.45, 7) is 0. The number of ether oxygens (including phenoxy) is 1. The second-order valence-electron chi connectivity index (χ2n) is 4.01. The van der Waals surface area contributed by atoms with Crippen molar-refractivity contribution in [1.29, 1.82) is 0 Å². The maximum Gasteiger partial charge on any atom is 0.381 e. The molecule has 0 unspecified atom stereocenters. The summed E-state index contributed by atoms with van der Waals surface area (Å²) in [6, 6.07) is 14.8. The van der Waals surface area contributed by atoms with Crippen molar-refractivity contribution in [2.75, 3.05) is 7.11 Å². The van der Waals surface area contributed by atoms with Gasteiger partial charge in [-0.15, -0.1) is 0 Å². The van der Waals surface area contributed by atoms with Crippen molar-refractivity contribution in [3.8, 4) is 11.1 Å². The highest BCUT2D eigenvalue weighted by Crippen LogP contribution is 2.32. The van der Waals surface area contributed by atoms with Gasteiger partial charge < -0.3 is 4.74 Å². The second-order valence-corrected chi connectivity index (χ2v) is 4.01. The summed E-state index contributed by atoms with van der Waals surface area (Å²) in [4.78, 5) is 11.1. The number of carbonyl (C=O) groups is 1. The first-order chi connectivity index (χ1) is 9.05. The molecule has 0 aliphatic heterocycles. The van der Waals surface area contributed by atoms with E-state index in [0.717, 1.165) is 12.7 Å². The van der Waals surface area contributed by atoms with Gasteiger partial charge in [0.15, 0.2) is 0 Å². The lowest BCUT2D eigenvalue weighted by atomic mass is 10.0. The molecule has 2 nitrogen and oxygen atoms in total. The number of rotatable bonds is 3. The molecule has 0 radical (unpaired) electrons. The second kappa shape index (κ2) is 5.18. The minimum Gasteiger partial charge on any atom is -0.464 e. The van der Waals surface area contributed by atoms with Crippen molar-refractivity contribution in [3.05, 3.63) is 60.2 Å². The lowest BCUT2D eigenvalue weighted by molar-refractivity contribution is -0.170. The Kier molecular flexibility index (Phi) is 3.60. The number of methoxy groups -OCH3 is 1. The Balaban J connectivity index is 2.43. The van der Waals surface area contributed by atoms with Crippen molar-refractivity contribution < 1.29 is 18.3 Å². The van der Waals surface area contributed by atoms with Gasteiger partial charge in [-0.1, -0.05) is 48.5 Å². The molecule has 0 amide bonds. The molecular weight excluding hydrogens is 250 g/mol. The monoisotopic (exact) mass is 262 g/mol. The minimum atomic E-state index is -3.64. The molecule has 0 saturated carbocycles. The van der Waals surface area contributed by atoms with Crippen molar-refractivity contribution in [3.63, 3.8) is 0 Å². The lowest BCUT2D eigenvalue weighted by Crippen LogP contribution is -2.27. The summed E-state index contributed by atoms with van der Waals surface area (Å²) in [5, 5.41) is 0. The van der Waals surface area contributed by atoms with E-state index in [1.165, 1.54) is 18.2 Å². The largest absolute Gasteiger partial charge is 0.464 e. The summed E-state index contributed by atoms with van der Waals surface area (Å²) in [7, 11) is 0.942. The van der Waals surface area contributed by atoms with Crippen LogP contribution < -0.4 is 0 Å². The Morgan fingerprint density at radius 1 is 1.00 bits per heavy atom. The maximum atomic E-state index is 13.8. The van der Waals surface area contributed by atoms with E-state index < -0.39 is 11.9 Å². The lowest BCUT2D eigenvalue weighted by Gasteiger charge is -2.14. The van der Waals surface area contributed by atoms with Gasteiger partial charge in [-0.25, -0.2) is 4.79 Å². The van der Waals surface area contributed by atoms with Crippen LogP contribution in [0.5, 0.6) is 0 Å². The average Bonchev–Trinajstić information content (AvgIpc) is 2.47. The molecule has 2 rings (SSSR count). The number of hydrogen-bond donors (Lipinski definition) is 0. The normalized spacial score (nSPS) is 11.1. The van der Waals surface area contributed by atoms with Gasteiger partial charge in [0, 0.05) is 5.56 Å². The molecule has 0 aliphatic rings. The third-order valence-electron chi connectivity index (χ3n) is 2.77. The van der Waals surface area contributed by atoms with Crippen molar-refractivity contribution in [2.45, 2.75) is 5.92 Å². The van der Waals surface area contributed by atoms with Crippen molar-refractivity contribution >= 4 is 5.97 Å². The number of benzene rings is 2. The van der Waals surface area contributed by atoms with Crippen LogP contribution in [0.3, 0.4) is 0 Å². The summed E-state index contributed by atoms with van der Waals surface area (Å²) in [5.74, 6) is -5.20. The van der Waals surface area contributed by atoms with E-state index in [4.69, 9.17) is 0 Å². The summed E-state index contributed by atoms with van der Waals surface area (Å²) in [5.41, 5.74) is 1.06. The highest BCUT2D eigenvalue weighted by Gasteiger charge is 2.42. The molecule has 0 atom stereocenters. The topological polar surface area (TPSA) is 26.3 Å². The molecular formula is C15H12F2O2.